The van der Waals surface area contributed by atoms with Gasteiger partial charge < -0.3 is 0 Å². The van der Waals surface area contributed by atoms with Crippen LogP contribution in [0.5, 0.6) is 0 Å². The molecule has 104 valence electrons. The van der Waals surface area contributed by atoms with Gasteiger partial charge in [-0.05, 0) is 71.5 Å². The van der Waals surface area contributed by atoms with Crippen LogP contribution in [-0.2, 0) is 0 Å². The molecule has 2 fully saturated rings. The summed E-state index contributed by atoms with van der Waals surface area (Å²) in [5, 5.41) is -0.424. The maximum Gasteiger partial charge on any atom is 0.137 e. The van der Waals surface area contributed by atoms with Gasteiger partial charge >= 0.3 is 0 Å². The van der Waals surface area contributed by atoms with E-state index in [2.05, 4.69) is 15.9 Å². The third kappa shape index (κ3) is 2.69. The number of alkyl halides is 1. The lowest BCUT2D eigenvalue weighted by atomic mass is 9.84. The fourth-order valence-corrected chi connectivity index (χ4v) is 4.55. The fraction of sp³-hybridized carbons (Fsp3) is 0.600. The van der Waals surface area contributed by atoms with E-state index >= 15 is 0 Å². The predicted molar refractivity (Wildman–Crippen MR) is 76.2 cm³/mol. The Balaban J connectivity index is 1.73. The zero-order valence-corrected chi connectivity index (χ0v) is 12.9. The Morgan fingerprint density at radius 1 is 1.21 bits per heavy atom. The minimum atomic E-state index is -0.449. The van der Waals surface area contributed by atoms with Crippen molar-refractivity contribution in [2.45, 2.75) is 37.5 Å². The first kappa shape index (κ1) is 13.8. The zero-order valence-electron chi connectivity index (χ0n) is 10.5. The van der Waals surface area contributed by atoms with E-state index in [0.717, 1.165) is 18.3 Å². The van der Waals surface area contributed by atoms with E-state index in [-0.39, 0.29) is 4.47 Å². The Kier molecular flexibility index (Phi) is 3.87. The maximum absolute atomic E-state index is 13.9. The number of hydrogen-bond donors (Lipinski definition) is 0. The number of fused-ring (bicyclic) bond motifs is 2. The van der Waals surface area contributed by atoms with E-state index in [1.54, 1.807) is 0 Å². The molecule has 0 heterocycles. The van der Waals surface area contributed by atoms with Crippen LogP contribution in [0.3, 0.4) is 0 Å². The lowest BCUT2D eigenvalue weighted by Crippen LogP contribution is -2.13. The molecule has 0 nitrogen and oxygen atoms in total. The van der Waals surface area contributed by atoms with Crippen LogP contribution in [0.15, 0.2) is 16.6 Å². The third-order valence-corrected chi connectivity index (χ3v) is 5.79. The smallest absolute Gasteiger partial charge is 0.137 e. The summed E-state index contributed by atoms with van der Waals surface area (Å²) in [6, 6.07) is 2.39. The van der Waals surface area contributed by atoms with E-state index in [4.69, 9.17) is 11.6 Å². The largest absolute Gasteiger partial charge is 0.207 e. The fourth-order valence-electron chi connectivity index (χ4n) is 3.84. The molecular formula is C15H16BrClF2. The molecule has 2 bridgehead atoms. The van der Waals surface area contributed by atoms with Gasteiger partial charge in [0.15, 0.2) is 0 Å². The van der Waals surface area contributed by atoms with Crippen LogP contribution < -0.4 is 0 Å². The van der Waals surface area contributed by atoms with Crippen molar-refractivity contribution in [3.05, 3.63) is 33.8 Å². The number of halogens is 4. The highest BCUT2D eigenvalue weighted by molar-refractivity contribution is 9.10. The molecule has 2 saturated carbocycles. The Hall–Kier alpha value is -0.150. The molecule has 3 rings (SSSR count). The van der Waals surface area contributed by atoms with Crippen LogP contribution in [0.1, 0.15) is 43.0 Å². The molecular weight excluding hydrogens is 334 g/mol. The van der Waals surface area contributed by atoms with Gasteiger partial charge in [-0.3, -0.25) is 0 Å². The van der Waals surface area contributed by atoms with Crippen molar-refractivity contribution in [1.29, 1.82) is 0 Å². The third-order valence-electron chi connectivity index (χ3n) is 4.77. The van der Waals surface area contributed by atoms with Gasteiger partial charge in [-0.15, -0.1) is 11.6 Å². The molecule has 4 unspecified atom stereocenters. The van der Waals surface area contributed by atoms with Crippen molar-refractivity contribution in [3.63, 3.8) is 0 Å². The maximum atomic E-state index is 13.9. The summed E-state index contributed by atoms with van der Waals surface area (Å²) in [5.41, 5.74) is 0.296. The van der Waals surface area contributed by atoms with Crippen LogP contribution in [0, 0.1) is 29.4 Å². The van der Waals surface area contributed by atoms with Crippen molar-refractivity contribution in [2.24, 2.45) is 17.8 Å². The minimum absolute atomic E-state index is 0.150. The molecule has 19 heavy (non-hydrogen) atoms. The summed E-state index contributed by atoms with van der Waals surface area (Å²) in [6.07, 6.45) is 5.92. The van der Waals surface area contributed by atoms with Gasteiger partial charge in [-0.25, -0.2) is 8.78 Å². The molecule has 0 N–H and O–H groups in total. The zero-order chi connectivity index (χ0) is 13.6. The molecule has 0 saturated heterocycles. The first-order valence-electron chi connectivity index (χ1n) is 6.83. The normalized spacial score (nSPS) is 30.8. The van der Waals surface area contributed by atoms with Gasteiger partial charge in [0.25, 0.3) is 0 Å². The van der Waals surface area contributed by atoms with E-state index in [0.29, 0.717) is 11.5 Å². The Bertz CT molecular complexity index is 491. The van der Waals surface area contributed by atoms with Crippen molar-refractivity contribution in [1.82, 2.24) is 0 Å². The van der Waals surface area contributed by atoms with Crippen molar-refractivity contribution >= 4 is 27.5 Å². The topological polar surface area (TPSA) is 0 Å². The monoisotopic (exact) mass is 348 g/mol. The van der Waals surface area contributed by atoms with Crippen LogP contribution in [0.4, 0.5) is 8.78 Å². The highest BCUT2D eigenvalue weighted by atomic mass is 79.9. The minimum Gasteiger partial charge on any atom is -0.207 e. The van der Waals surface area contributed by atoms with E-state index in [9.17, 15) is 8.78 Å². The van der Waals surface area contributed by atoms with Gasteiger partial charge in [0.2, 0.25) is 0 Å². The van der Waals surface area contributed by atoms with Crippen LogP contribution in [-0.4, -0.2) is 0 Å². The van der Waals surface area contributed by atoms with E-state index in [1.807, 2.05) is 0 Å². The van der Waals surface area contributed by atoms with Gasteiger partial charge in [0.05, 0.1) is 9.85 Å². The molecule has 0 amide bonds. The molecule has 2 aliphatic rings. The molecule has 0 radical (unpaired) electrons. The second-order valence-corrected chi connectivity index (χ2v) is 7.31. The predicted octanol–water partition coefficient (Wildman–Crippen LogP) is 5.83. The van der Waals surface area contributed by atoms with Gasteiger partial charge in [-0.2, -0.15) is 0 Å². The SMILES string of the molecule is Fc1cc(C(Cl)CC2CC3CCC2C3)c(F)cc1Br. The summed E-state index contributed by atoms with van der Waals surface area (Å²) in [5.74, 6) is 1.33. The average molecular weight is 350 g/mol. The first-order chi connectivity index (χ1) is 9.04. The lowest BCUT2D eigenvalue weighted by Gasteiger charge is -2.24. The average Bonchev–Trinajstić information content (AvgIpc) is 2.95. The molecule has 0 aromatic heterocycles. The standard InChI is InChI=1S/C15H16BrClF2/c16-12-7-14(18)11(6-15(12)19)13(17)5-10-4-8-1-2-9(10)3-8/h6-10,13H,1-5H2. The van der Waals surface area contributed by atoms with Crippen molar-refractivity contribution in [2.75, 3.05) is 0 Å². The lowest BCUT2D eigenvalue weighted by molar-refractivity contribution is 0.310. The van der Waals surface area contributed by atoms with E-state index in [1.165, 1.54) is 37.8 Å². The van der Waals surface area contributed by atoms with Gasteiger partial charge in [-0.1, -0.05) is 6.42 Å². The van der Waals surface area contributed by atoms with Crippen LogP contribution in [0.2, 0.25) is 0 Å². The molecule has 0 aliphatic heterocycles. The van der Waals surface area contributed by atoms with Gasteiger partial charge in [0.1, 0.15) is 11.6 Å². The Morgan fingerprint density at radius 2 is 2.00 bits per heavy atom. The molecule has 2 aliphatic carbocycles. The number of rotatable bonds is 3. The van der Waals surface area contributed by atoms with Crippen molar-refractivity contribution in [3.8, 4) is 0 Å². The molecule has 1 aromatic carbocycles. The van der Waals surface area contributed by atoms with Crippen molar-refractivity contribution < 1.29 is 8.78 Å². The summed E-state index contributed by atoms with van der Waals surface area (Å²) >= 11 is 9.32. The highest BCUT2D eigenvalue weighted by Crippen LogP contribution is 2.51. The van der Waals surface area contributed by atoms with E-state index < -0.39 is 17.0 Å². The van der Waals surface area contributed by atoms with Crippen LogP contribution >= 0.6 is 27.5 Å². The summed E-state index contributed by atoms with van der Waals surface area (Å²) in [6.45, 7) is 0. The second kappa shape index (κ2) is 5.33. The molecule has 4 atom stereocenters. The summed E-state index contributed by atoms with van der Waals surface area (Å²) in [4.78, 5) is 0. The van der Waals surface area contributed by atoms with Crippen LogP contribution in [0.25, 0.3) is 0 Å². The molecule has 4 heteroatoms. The molecule has 0 spiro atoms. The second-order valence-electron chi connectivity index (χ2n) is 5.93. The summed E-state index contributed by atoms with van der Waals surface area (Å²) in [7, 11) is 0. The quantitative estimate of drug-likeness (QED) is 0.475. The van der Waals surface area contributed by atoms with Gasteiger partial charge in [0, 0.05) is 5.56 Å². The first-order valence-corrected chi connectivity index (χ1v) is 8.06. The number of hydrogen-bond acceptors (Lipinski definition) is 0. The summed E-state index contributed by atoms with van der Waals surface area (Å²) < 4.78 is 27.5. The number of benzene rings is 1. The Labute approximate surface area is 125 Å². The molecule has 1 aromatic rings. The Morgan fingerprint density at radius 3 is 2.63 bits per heavy atom. The highest BCUT2D eigenvalue weighted by Gasteiger charge is 2.40.